The minimum Gasteiger partial charge on any atom is -0.351 e. The molecule has 0 unspecified atom stereocenters. The van der Waals surface area contributed by atoms with Crippen LogP contribution >= 0.6 is 0 Å². The lowest BCUT2D eigenvalue weighted by Gasteiger charge is -2.22. The first-order valence-corrected chi connectivity index (χ1v) is 11.6. The van der Waals surface area contributed by atoms with E-state index in [0.717, 1.165) is 5.56 Å². The predicted molar refractivity (Wildman–Crippen MR) is 121 cm³/mol. The molecule has 30 heavy (non-hydrogen) atoms. The molecule has 0 saturated carbocycles. The summed E-state index contributed by atoms with van der Waals surface area (Å²) in [7, 11) is -3.43. The first kappa shape index (κ1) is 21.6. The van der Waals surface area contributed by atoms with E-state index >= 15 is 0 Å². The number of rotatable bonds is 8. The van der Waals surface area contributed by atoms with Crippen LogP contribution in [-0.4, -0.2) is 27.1 Å². The fraction of sp³-hybridized carbons (Fsp3) is 0.208. The Labute approximate surface area is 178 Å². The molecule has 0 bridgehead atoms. The Bertz CT molecular complexity index is 1070. The second kappa shape index (κ2) is 9.59. The van der Waals surface area contributed by atoms with E-state index in [1.165, 1.54) is 16.1 Å². The summed E-state index contributed by atoms with van der Waals surface area (Å²) in [6, 6.07) is 26.0. The van der Waals surface area contributed by atoms with Gasteiger partial charge in [-0.05, 0) is 41.3 Å². The van der Waals surface area contributed by atoms with Gasteiger partial charge in [0, 0.05) is 12.1 Å². The van der Waals surface area contributed by atoms with Crippen LogP contribution in [0.15, 0.2) is 84.9 Å². The van der Waals surface area contributed by atoms with Crippen molar-refractivity contribution in [2.24, 2.45) is 0 Å². The maximum absolute atomic E-state index is 12.5. The molecule has 0 heterocycles. The third-order valence-electron chi connectivity index (χ3n) is 4.92. The van der Waals surface area contributed by atoms with Crippen LogP contribution < -0.4 is 9.62 Å². The number of sulfonamides is 1. The van der Waals surface area contributed by atoms with Gasteiger partial charge in [-0.3, -0.25) is 9.10 Å². The van der Waals surface area contributed by atoms with Crippen LogP contribution in [0.25, 0.3) is 0 Å². The summed E-state index contributed by atoms with van der Waals surface area (Å²) in [4.78, 5) is 12.5. The second-order valence-corrected chi connectivity index (χ2v) is 9.23. The van der Waals surface area contributed by atoms with Crippen molar-refractivity contribution in [2.45, 2.75) is 19.4 Å². The van der Waals surface area contributed by atoms with Gasteiger partial charge in [-0.1, -0.05) is 67.6 Å². The van der Waals surface area contributed by atoms with Gasteiger partial charge in [0.2, 0.25) is 10.0 Å². The Morgan fingerprint density at radius 1 is 0.900 bits per heavy atom. The van der Waals surface area contributed by atoms with E-state index in [2.05, 4.69) is 12.2 Å². The van der Waals surface area contributed by atoms with Crippen LogP contribution in [0.4, 0.5) is 5.69 Å². The number of carbonyl (C=O) groups excluding carboxylic acids is 1. The highest BCUT2D eigenvalue weighted by molar-refractivity contribution is 7.92. The van der Waals surface area contributed by atoms with Gasteiger partial charge in [-0.2, -0.15) is 0 Å². The Morgan fingerprint density at radius 2 is 1.47 bits per heavy atom. The van der Waals surface area contributed by atoms with Gasteiger partial charge in [0.25, 0.3) is 5.91 Å². The topological polar surface area (TPSA) is 66.5 Å². The smallest absolute Gasteiger partial charge is 0.251 e. The number of hydrogen-bond donors (Lipinski definition) is 1. The first-order chi connectivity index (χ1) is 14.3. The number of hydrogen-bond acceptors (Lipinski definition) is 3. The van der Waals surface area contributed by atoms with Crippen LogP contribution in [0.2, 0.25) is 0 Å². The molecule has 3 aromatic rings. The number of carbonyl (C=O) groups is 1. The van der Waals surface area contributed by atoms with E-state index in [4.69, 9.17) is 0 Å². The second-order valence-electron chi connectivity index (χ2n) is 7.32. The molecular formula is C24H26N2O3S. The van der Waals surface area contributed by atoms with E-state index < -0.39 is 10.0 Å². The van der Waals surface area contributed by atoms with Crippen molar-refractivity contribution >= 4 is 21.6 Å². The van der Waals surface area contributed by atoms with Crippen molar-refractivity contribution in [2.75, 3.05) is 17.1 Å². The zero-order valence-electron chi connectivity index (χ0n) is 17.2. The van der Waals surface area contributed by atoms with Gasteiger partial charge < -0.3 is 5.32 Å². The lowest BCUT2D eigenvalue weighted by atomic mass is 10.0. The zero-order valence-corrected chi connectivity index (χ0v) is 18.0. The molecule has 1 N–H and O–H groups in total. The molecule has 156 valence electrons. The van der Waals surface area contributed by atoms with Crippen molar-refractivity contribution in [1.82, 2.24) is 5.32 Å². The van der Waals surface area contributed by atoms with Crippen molar-refractivity contribution in [3.8, 4) is 0 Å². The lowest BCUT2D eigenvalue weighted by molar-refractivity contribution is 0.0951. The third kappa shape index (κ3) is 5.70. The minimum atomic E-state index is -3.43. The molecule has 0 aliphatic heterocycles. The fourth-order valence-corrected chi connectivity index (χ4v) is 4.06. The summed E-state index contributed by atoms with van der Waals surface area (Å²) in [5, 5.41) is 2.96. The molecule has 0 spiro atoms. The van der Waals surface area contributed by atoms with Gasteiger partial charge in [-0.25, -0.2) is 8.42 Å². The average molecular weight is 423 g/mol. The van der Waals surface area contributed by atoms with Crippen LogP contribution in [0, 0.1) is 0 Å². The molecule has 3 rings (SSSR count). The fourth-order valence-electron chi connectivity index (χ4n) is 3.17. The molecule has 0 saturated heterocycles. The lowest BCUT2D eigenvalue weighted by Crippen LogP contribution is -2.29. The molecule has 0 aromatic heterocycles. The number of para-hydroxylation sites is 1. The van der Waals surface area contributed by atoms with Crippen LogP contribution in [0.5, 0.6) is 0 Å². The van der Waals surface area contributed by atoms with Gasteiger partial charge >= 0.3 is 0 Å². The third-order valence-corrected chi connectivity index (χ3v) is 6.06. The Kier molecular flexibility index (Phi) is 6.90. The van der Waals surface area contributed by atoms with Crippen molar-refractivity contribution < 1.29 is 13.2 Å². The molecule has 6 heteroatoms. The highest BCUT2D eigenvalue weighted by atomic mass is 32.2. The summed E-state index contributed by atoms with van der Waals surface area (Å²) in [5.41, 5.74) is 3.13. The molecular weight excluding hydrogens is 396 g/mol. The normalized spacial score (nSPS) is 12.2. The summed E-state index contributed by atoms with van der Waals surface area (Å²) in [6.45, 7) is 2.82. The maximum Gasteiger partial charge on any atom is 0.251 e. The standard InChI is InChI=1S/C24H26N2O3S/c1-19(21-9-5-3-6-10-21)17-25-24(27)22-15-13-20(14-16-22)18-26(30(2,28)29)23-11-7-4-8-12-23/h3-16,19H,17-18H2,1-2H3,(H,25,27)/t19-/m1/s1. The van der Waals surface area contributed by atoms with Crippen LogP contribution in [-0.2, 0) is 16.6 Å². The Hall–Kier alpha value is -3.12. The van der Waals surface area contributed by atoms with E-state index in [-0.39, 0.29) is 18.4 Å². The molecule has 0 aliphatic carbocycles. The quantitative estimate of drug-likeness (QED) is 0.592. The molecule has 1 atom stereocenters. The molecule has 1 amide bonds. The summed E-state index contributed by atoms with van der Waals surface area (Å²) in [6.07, 6.45) is 1.19. The molecule has 5 nitrogen and oxygen atoms in total. The first-order valence-electron chi connectivity index (χ1n) is 9.79. The van der Waals surface area contributed by atoms with E-state index in [9.17, 15) is 13.2 Å². The summed E-state index contributed by atoms with van der Waals surface area (Å²) in [5.74, 6) is 0.0657. The SMILES string of the molecule is C[C@H](CNC(=O)c1ccc(CN(c2ccccc2)S(C)(=O)=O)cc1)c1ccccc1. The van der Waals surface area contributed by atoms with Crippen LogP contribution in [0.3, 0.4) is 0 Å². The number of benzene rings is 3. The molecule has 3 aromatic carbocycles. The number of nitrogens with one attached hydrogen (secondary N) is 1. The summed E-state index contributed by atoms with van der Waals surface area (Å²) < 4.78 is 25.8. The Balaban J connectivity index is 1.64. The molecule has 0 aliphatic rings. The highest BCUT2D eigenvalue weighted by Gasteiger charge is 2.18. The molecule has 0 fully saturated rings. The van der Waals surface area contributed by atoms with E-state index in [1.54, 1.807) is 48.5 Å². The van der Waals surface area contributed by atoms with Gasteiger partial charge in [0.1, 0.15) is 0 Å². The summed E-state index contributed by atoms with van der Waals surface area (Å²) >= 11 is 0. The molecule has 0 radical (unpaired) electrons. The Morgan fingerprint density at radius 3 is 2.03 bits per heavy atom. The predicted octanol–water partition coefficient (Wildman–Crippen LogP) is 4.19. The van der Waals surface area contributed by atoms with Gasteiger partial charge in [0.15, 0.2) is 0 Å². The monoisotopic (exact) mass is 422 g/mol. The maximum atomic E-state index is 12.5. The van der Waals surface area contributed by atoms with E-state index in [1.807, 2.05) is 36.4 Å². The highest BCUT2D eigenvalue weighted by Crippen LogP contribution is 2.20. The van der Waals surface area contributed by atoms with Crippen molar-refractivity contribution in [3.05, 3.63) is 102 Å². The minimum absolute atomic E-state index is 0.146. The van der Waals surface area contributed by atoms with Crippen LogP contribution in [0.1, 0.15) is 34.3 Å². The van der Waals surface area contributed by atoms with Crippen molar-refractivity contribution in [3.63, 3.8) is 0 Å². The number of amides is 1. The average Bonchev–Trinajstić information content (AvgIpc) is 2.76. The largest absolute Gasteiger partial charge is 0.351 e. The van der Waals surface area contributed by atoms with Gasteiger partial charge in [0.05, 0.1) is 18.5 Å². The number of anilines is 1. The van der Waals surface area contributed by atoms with Crippen molar-refractivity contribution in [1.29, 1.82) is 0 Å². The van der Waals surface area contributed by atoms with E-state index in [0.29, 0.717) is 17.8 Å². The zero-order chi connectivity index (χ0) is 21.6. The van der Waals surface area contributed by atoms with Gasteiger partial charge in [-0.15, -0.1) is 0 Å². The number of nitrogens with zero attached hydrogens (tertiary/aromatic N) is 1.